The highest BCUT2D eigenvalue weighted by molar-refractivity contribution is 5.90. The fraction of sp³-hybridized carbons (Fsp3) is 0.111. The molecule has 0 atom stereocenters. The molecule has 142 valence electrons. The quantitative estimate of drug-likeness (QED) is 0.320. The van der Waals surface area contributed by atoms with Gasteiger partial charge in [-0.3, -0.25) is 20.2 Å². The second-order valence-corrected chi connectivity index (χ2v) is 5.12. The summed E-state index contributed by atoms with van der Waals surface area (Å²) in [4.78, 5) is 43.6. The molecule has 0 fully saturated rings. The number of benzene rings is 2. The number of nitro groups is 2. The Kier molecular flexibility index (Phi) is 6.76. The first-order valence-corrected chi connectivity index (χ1v) is 7.67. The second kappa shape index (κ2) is 9.44. The molecule has 2 aromatic rings. The van der Waals surface area contributed by atoms with Gasteiger partial charge in [-0.1, -0.05) is 24.0 Å². The van der Waals surface area contributed by atoms with Crippen molar-refractivity contribution in [3.05, 3.63) is 79.9 Å². The van der Waals surface area contributed by atoms with Gasteiger partial charge < -0.3 is 9.47 Å². The van der Waals surface area contributed by atoms with Gasteiger partial charge in [-0.15, -0.1) is 0 Å². The molecule has 0 aliphatic rings. The van der Waals surface area contributed by atoms with Crippen molar-refractivity contribution in [1.82, 2.24) is 0 Å². The van der Waals surface area contributed by atoms with Crippen LogP contribution in [0.15, 0.2) is 48.5 Å². The van der Waals surface area contributed by atoms with Gasteiger partial charge in [0.2, 0.25) is 0 Å². The van der Waals surface area contributed by atoms with Crippen LogP contribution in [0.25, 0.3) is 0 Å². The lowest BCUT2D eigenvalue weighted by atomic mass is 10.2. The van der Waals surface area contributed by atoms with Crippen molar-refractivity contribution in [1.29, 1.82) is 0 Å². The van der Waals surface area contributed by atoms with Crippen LogP contribution in [-0.2, 0) is 9.47 Å². The Morgan fingerprint density at radius 3 is 1.54 bits per heavy atom. The maximum absolute atomic E-state index is 11.8. The number of rotatable bonds is 6. The van der Waals surface area contributed by atoms with Crippen LogP contribution in [0.4, 0.5) is 11.4 Å². The zero-order chi connectivity index (χ0) is 20.5. The Bertz CT molecular complexity index is 913. The molecular formula is C18H12N2O8. The van der Waals surface area contributed by atoms with Gasteiger partial charge >= 0.3 is 11.9 Å². The summed E-state index contributed by atoms with van der Waals surface area (Å²) >= 11 is 0. The number of carbonyl (C=O) groups excluding carboxylic acids is 2. The molecule has 2 rings (SSSR count). The topological polar surface area (TPSA) is 139 Å². The van der Waals surface area contributed by atoms with Gasteiger partial charge in [-0.25, -0.2) is 9.59 Å². The van der Waals surface area contributed by atoms with E-state index < -0.39 is 21.8 Å². The predicted molar refractivity (Wildman–Crippen MR) is 94.5 cm³/mol. The van der Waals surface area contributed by atoms with Crippen LogP contribution >= 0.6 is 0 Å². The average molecular weight is 384 g/mol. The summed E-state index contributed by atoms with van der Waals surface area (Å²) in [6.45, 7) is -0.619. The lowest BCUT2D eigenvalue weighted by Gasteiger charge is -2.01. The van der Waals surface area contributed by atoms with E-state index in [1.807, 2.05) is 0 Å². The molecule has 0 unspecified atom stereocenters. The van der Waals surface area contributed by atoms with Crippen LogP contribution in [0.5, 0.6) is 0 Å². The van der Waals surface area contributed by atoms with Crippen LogP contribution in [0, 0.1) is 32.1 Å². The van der Waals surface area contributed by atoms with Gasteiger partial charge in [0.05, 0.1) is 21.0 Å². The molecule has 10 heteroatoms. The molecule has 0 radical (unpaired) electrons. The fourth-order valence-corrected chi connectivity index (χ4v) is 1.96. The highest BCUT2D eigenvalue weighted by Crippen LogP contribution is 2.14. The van der Waals surface area contributed by atoms with Gasteiger partial charge in [0.25, 0.3) is 11.4 Å². The van der Waals surface area contributed by atoms with Crippen molar-refractivity contribution in [3.8, 4) is 11.8 Å². The lowest BCUT2D eigenvalue weighted by Crippen LogP contribution is -2.07. The standard InChI is InChI=1S/C18H12N2O8/c21-17(13-5-3-7-15(11-13)19(23)24)27-9-1-2-10-28-18(22)14-6-4-8-16(12-14)20(25)26/h3-8,11-12H,9-10H2. The first kappa shape index (κ1) is 20.1. The normalized spacial score (nSPS) is 9.57. The fourth-order valence-electron chi connectivity index (χ4n) is 1.96. The minimum absolute atomic E-state index is 0.00750. The largest absolute Gasteiger partial charge is 0.449 e. The zero-order valence-corrected chi connectivity index (χ0v) is 14.2. The highest BCUT2D eigenvalue weighted by Gasteiger charge is 2.13. The van der Waals surface area contributed by atoms with E-state index in [0.29, 0.717) is 0 Å². The summed E-state index contributed by atoms with van der Waals surface area (Å²) in [5.74, 6) is 3.32. The van der Waals surface area contributed by atoms with Gasteiger partial charge in [-0.2, -0.15) is 0 Å². The van der Waals surface area contributed by atoms with Crippen molar-refractivity contribution in [2.24, 2.45) is 0 Å². The smallest absolute Gasteiger partial charge is 0.339 e. The number of nitro benzene ring substituents is 2. The van der Waals surface area contributed by atoms with Crippen molar-refractivity contribution in [3.63, 3.8) is 0 Å². The van der Waals surface area contributed by atoms with Gasteiger partial charge in [0.15, 0.2) is 13.2 Å². The Morgan fingerprint density at radius 2 is 1.18 bits per heavy atom. The summed E-state index contributed by atoms with van der Waals surface area (Å²) in [6.07, 6.45) is 0. The van der Waals surface area contributed by atoms with Gasteiger partial charge in [0, 0.05) is 24.3 Å². The molecule has 0 spiro atoms. The van der Waals surface area contributed by atoms with E-state index in [-0.39, 0.29) is 35.7 Å². The van der Waals surface area contributed by atoms with Crippen molar-refractivity contribution < 1.29 is 28.9 Å². The molecule has 0 saturated carbocycles. The molecule has 28 heavy (non-hydrogen) atoms. The van der Waals surface area contributed by atoms with E-state index >= 15 is 0 Å². The molecule has 0 saturated heterocycles. The molecule has 0 aliphatic carbocycles. The maximum Gasteiger partial charge on any atom is 0.339 e. The first-order chi connectivity index (χ1) is 13.4. The number of nitrogens with zero attached hydrogens (tertiary/aromatic N) is 2. The van der Waals surface area contributed by atoms with E-state index in [2.05, 4.69) is 11.8 Å². The third-order valence-corrected chi connectivity index (χ3v) is 3.26. The van der Waals surface area contributed by atoms with Crippen LogP contribution < -0.4 is 0 Å². The third kappa shape index (κ3) is 5.63. The number of non-ortho nitro benzene ring substituents is 2. The summed E-state index contributed by atoms with van der Waals surface area (Å²) in [5.41, 5.74) is -0.469. The number of carbonyl (C=O) groups is 2. The zero-order valence-electron chi connectivity index (χ0n) is 14.2. The van der Waals surface area contributed by atoms with E-state index in [1.54, 1.807) is 0 Å². The number of ether oxygens (including phenoxy) is 2. The molecule has 0 aliphatic heterocycles. The lowest BCUT2D eigenvalue weighted by molar-refractivity contribution is -0.385. The number of esters is 2. The Morgan fingerprint density at radius 1 is 0.786 bits per heavy atom. The summed E-state index contributed by atoms with van der Waals surface area (Å²) in [6, 6.07) is 10.1. The van der Waals surface area contributed by atoms with Gasteiger partial charge in [0.1, 0.15) is 0 Å². The summed E-state index contributed by atoms with van der Waals surface area (Å²) < 4.78 is 9.69. The average Bonchev–Trinajstić information content (AvgIpc) is 2.70. The second-order valence-electron chi connectivity index (χ2n) is 5.12. The van der Waals surface area contributed by atoms with E-state index in [9.17, 15) is 29.8 Å². The minimum atomic E-state index is -0.786. The summed E-state index contributed by atoms with van der Waals surface area (Å²) in [5, 5.41) is 21.3. The molecule has 0 N–H and O–H groups in total. The molecule has 0 bridgehead atoms. The Hall–Kier alpha value is -4.26. The number of hydrogen-bond acceptors (Lipinski definition) is 8. The predicted octanol–water partition coefficient (Wildman–Crippen LogP) is 2.52. The van der Waals surface area contributed by atoms with Crippen molar-refractivity contribution >= 4 is 23.3 Å². The van der Waals surface area contributed by atoms with Crippen LogP contribution in [0.1, 0.15) is 20.7 Å². The van der Waals surface area contributed by atoms with Gasteiger partial charge in [-0.05, 0) is 12.1 Å². The van der Waals surface area contributed by atoms with Crippen LogP contribution in [0.2, 0.25) is 0 Å². The van der Waals surface area contributed by atoms with Crippen molar-refractivity contribution in [2.45, 2.75) is 0 Å². The highest BCUT2D eigenvalue weighted by atomic mass is 16.6. The van der Waals surface area contributed by atoms with E-state index in [1.165, 1.54) is 36.4 Å². The Labute approximate surface area is 158 Å². The van der Waals surface area contributed by atoms with E-state index in [0.717, 1.165) is 12.1 Å². The molecule has 2 aromatic carbocycles. The van der Waals surface area contributed by atoms with Crippen LogP contribution in [0.3, 0.4) is 0 Å². The maximum atomic E-state index is 11.8. The first-order valence-electron chi connectivity index (χ1n) is 7.67. The molecule has 0 heterocycles. The number of hydrogen-bond donors (Lipinski definition) is 0. The molecule has 0 amide bonds. The molecule has 0 aromatic heterocycles. The Balaban J connectivity index is 1.81. The monoisotopic (exact) mass is 384 g/mol. The molecular weight excluding hydrogens is 372 g/mol. The molecule has 10 nitrogen and oxygen atoms in total. The third-order valence-electron chi connectivity index (χ3n) is 3.26. The SMILES string of the molecule is O=C(OCC#CCOC(=O)c1cccc([N+](=O)[O-])c1)c1cccc([N+](=O)[O-])c1. The minimum Gasteiger partial charge on any atom is -0.449 e. The van der Waals surface area contributed by atoms with Crippen LogP contribution in [-0.4, -0.2) is 35.0 Å². The summed E-state index contributed by atoms with van der Waals surface area (Å²) in [7, 11) is 0. The van der Waals surface area contributed by atoms with Crippen molar-refractivity contribution in [2.75, 3.05) is 13.2 Å². The van der Waals surface area contributed by atoms with E-state index in [4.69, 9.17) is 9.47 Å².